The third-order valence-corrected chi connectivity index (χ3v) is 3.36. The highest BCUT2D eigenvalue weighted by atomic mass is 79.9. The molecule has 1 N–H and O–H groups in total. The first-order valence-electron chi connectivity index (χ1n) is 7.07. The van der Waals surface area contributed by atoms with E-state index in [0.29, 0.717) is 5.75 Å². The Morgan fingerprint density at radius 3 is 2.57 bits per heavy atom. The molecule has 4 nitrogen and oxygen atoms in total. The fourth-order valence-electron chi connectivity index (χ4n) is 1.77. The van der Waals surface area contributed by atoms with Crippen molar-refractivity contribution in [3.8, 4) is 5.75 Å². The zero-order valence-electron chi connectivity index (χ0n) is 12.7. The lowest BCUT2D eigenvalue weighted by molar-refractivity contribution is -0.123. The lowest BCUT2D eigenvalue weighted by Crippen LogP contribution is -2.24. The van der Waals surface area contributed by atoms with E-state index in [1.165, 1.54) is 0 Å². The number of nitrogens with one attached hydrogen (secondary N) is 1. The molecule has 0 fully saturated rings. The molecule has 0 aliphatic rings. The number of halogens is 1. The maximum Gasteiger partial charge on any atom is 0.277 e. The molecule has 2 rings (SSSR count). The lowest BCUT2D eigenvalue weighted by atomic mass is 10.1. The van der Waals surface area contributed by atoms with Crippen LogP contribution in [0, 0.1) is 0 Å². The Balaban J connectivity index is 1.77. The summed E-state index contributed by atoms with van der Waals surface area (Å²) in [6.45, 7) is 1.83. The van der Waals surface area contributed by atoms with Crippen LogP contribution in [-0.2, 0) is 4.79 Å². The van der Waals surface area contributed by atoms with Crippen molar-refractivity contribution in [2.24, 2.45) is 5.10 Å². The second-order valence-electron chi connectivity index (χ2n) is 4.83. The Hall–Kier alpha value is -2.40. The van der Waals surface area contributed by atoms with Crippen LogP contribution in [0.1, 0.15) is 12.5 Å². The van der Waals surface area contributed by atoms with E-state index in [-0.39, 0.29) is 12.5 Å². The fraction of sp³-hybridized carbons (Fsp3) is 0.111. The van der Waals surface area contributed by atoms with E-state index in [0.717, 1.165) is 15.6 Å². The highest BCUT2D eigenvalue weighted by Gasteiger charge is 2.01. The van der Waals surface area contributed by atoms with Crippen LogP contribution in [0.2, 0.25) is 0 Å². The summed E-state index contributed by atoms with van der Waals surface area (Å²) in [5.41, 5.74) is 4.46. The molecule has 0 aliphatic carbocycles. The first-order chi connectivity index (χ1) is 11.1. The summed E-state index contributed by atoms with van der Waals surface area (Å²) in [5, 5.41) is 3.91. The molecule has 118 valence electrons. The average Bonchev–Trinajstić information content (AvgIpc) is 2.55. The Labute approximate surface area is 144 Å². The van der Waals surface area contributed by atoms with Gasteiger partial charge in [-0.3, -0.25) is 4.79 Å². The van der Waals surface area contributed by atoms with Crippen molar-refractivity contribution in [3.05, 3.63) is 70.2 Å². The maximum atomic E-state index is 11.6. The Morgan fingerprint density at radius 2 is 1.87 bits per heavy atom. The third-order valence-electron chi connectivity index (χ3n) is 2.83. The van der Waals surface area contributed by atoms with E-state index in [2.05, 4.69) is 26.5 Å². The number of carbonyl (C=O) groups excluding carboxylic acids is 1. The summed E-state index contributed by atoms with van der Waals surface area (Å²) in [7, 11) is 0. The van der Waals surface area contributed by atoms with Crippen LogP contribution in [0.4, 0.5) is 0 Å². The normalized spacial score (nSPS) is 11.5. The van der Waals surface area contributed by atoms with Crippen molar-refractivity contribution >= 4 is 34.1 Å². The summed E-state index contributed by atoms with van der Waals surface area (Å²) in [5.74, 6) is 0.323. The van der Waals surface area contributed by atoms with Gasteiger partial charge in [-0.1, -0.05) is 52.3 Å². The number of benzene rings is 2. The minimum Gasteiger partial charge on any atom is -0.484 e. The predicted octanol–water partition coefficient (Wildman–Crippen LogP) is 4.03. The number of nitrogens with zero attached hydrogens (tertiary/aromatic N) is 1. The van der Waals surface area contributed by atoms with Crippen LogP contribution in [0.3, 0.4) is 0 Å². The quantitative estimate of drug-likeness (QED) is 0.614. The van der Waals surface area contributed by atoms with E-state index >= 15 is 0 Å². The molecule has 2 aromatic carbocycles. The molecule has 23 heavy (non-hydrogen) atoms. The summed E-state index contributed by atoms with van der Waals surface area (Å²) < 4.78 is 6.31. The summed E-state index contributed by atoms with van der Waals surface area (Å²) >= 11 is 3.34. The second kappa shape index (κ2) is 8.90. The zero-order chi connectivity index (χ0) is 16.5. The van der Waals surface area contributed by atoms with Gasteiger partial charge >= 0.3 is 0 Å². The predicted molar refractivity (Wildman–Crippen MR) is 96.4 cm³/mol. The largest absolute Gasteiger partial charge is 0.484 e. The van der Waals surface area contributed by atoms with Crippen molar-refractivity contribution < 1.29 is 9.53 Å². The molecule has 0 aliphatic heterocycles. The van der Waals surface area contributed by atoms with Gasteiger partial charge < -0.3 is 4.74 Å². The first kappa shape index (κ1) is 17.0. The number of amides is 1. The molecule has 0 aromatic heterocycles. The van der Waals surface area contributed by atoms with Gasteiger partial charge in [0.15, 0.2) is 6.61 Å². The lowest BCUT2D eigenvalue weighted by Gasteiger charge is -2.04. The summed E-state index contributed by atoms with van der Waals surface area (Å²) in [6.07, 6.45) is 3.58. The molecule has 0 heterocycles. The van der Waals surface area contributed by atoms with Crippen molar-refractivity contribution in [3.63, 3.8) is 0 Å². The van der Waals surface area contributed by atoms with Gasteiger partial charge in [0.05, 0.1) is 6.21 Å². The highest BCUT2D eigenvalue weighted by Crippen LogP contribution is 2.15. The molecule has 0 spiro atoms. The summed E-state index contributed by atoms with van der Waals surface area (Å²) in [4.78, 5) is 11.6. The SMILES string of the molecule is CC(=C/c1ccccc1)/C=N/NC(=O)COc1ccc(Br)cc1. The highest BCUT2D eigenvalue weighted by molar-refractivity contribution is 9.10. The molecular weight excluding hydrogens is 356 g/mol. The van der Waals surface area contributed by atoms with Gasteiger partial charge in [-0.05, 0) is 42.3 Å². The van der Waals surface area contributed by atoms with Gasteiger partial charge in [-0.25, -0.2) is 5.43 Å². The van der Waals surface area contributed by atoms with E-state index in [1.807, 2.05) is 55.5 Å². The van der Waals surface area contributed by atoms with E-state index in [9.17, 15) is 4.79 Å². The molecule has 5 heteroatoms. The Kier molecular flexibility index (Phi) is 6.56. The van der Waals surface area contributed by atoms with Gasteiger partial charge in [0.25, 0.3) is 5.91 Å². The first-order valence-corrected chi connectivity index (χ1v) is 7.86. The summed E-state index contributed by atoms with van der Waals surface area (Å²) in [6, 6.07) is 17.2. The van der Waals surface area contributed by atoms with Crippen LogP contribution >= 0.6 is 15.9 Å². The van der Waals surface area contributed by atoms with Crippen LogP contribution in [0.25, 0.3) is 6.08 Å². The molecule has 2 aromatic rings. The average molecular weight is 373 g/mol. The molecule has 0 bridgehead atoms. The molecule has 0 atom stereocenters. The molecular formula is C18H17BrN2O2. The fourth-order valence-corrected chi connectivity index (χ4v) is 2.03. The minimum absolute atomic E-state index is 0.0829. The number of hydrogen-bond acceptors (Lipinski definition) is 3. The van der Waals surface area contributed by atoms with Crippen molar-refractivity contribution in [2.75, 3.05) is 6.61 Å². The van der Waals surface area contributed by atoms with Gasteiger partial charge in [0, 0.05) is 4.47 Å². The van der Waals surface area contributed by atoms with Crippen LogP contribution in [0.5, 0.6) is 5.75 Å². The van der Waals surface area contributed by atoms with Gasteiger partial charge in [0.1, 0.15) is 5.75 Å². The monoisotopic (exact) mass is 372 g/mol. The zero-order valence-corrected chi connectivity index (χ0v) is 14.3. The smallest absolute Gasteiger partial charge is 0.277 e. The van der Waals surface area contributed by atoms with Crippen LogP contribution in [0.15, 0.2) is 69.7 Å². The maximum absolute atomic E-state index is 11.6. The van der Waals surface area contributed by atoms with Crippen molar-refractivity contribution in [1.29, 1.82) is 0 Å². The molecule has 0 saturated heterocycles. The van der Waals surface area contributed by atoms with E-state index < -0.39 is 0 Å². The molecule has 0 saturated carbocycles. The molecule has 0 radical (unpaired) electrons. The van der Waals surface area contributed by atoms with E-state index in [1.54, 1.807) is 18.3 Å². The number of carbonyl (C=O) groups is 1. The Morgan fingerprint density at radius 1 is 1.17 bits per heavy atom. The van der Waals surface area contributed by atoms with Crippen molar-refractivity contribution in [1.82, 2.24) is 5.43 Å². The third kappa shape index (κ3) is 6.48. The number of allylic oxidation sites excluding steroid dienone is 1. The number of hydrogen-bond donors (Lipinski definition) is 1. The van der Waals surface area contributed by atoms with E-state index in [4.69, 9.17) is 4.74 Å². The molecule has 0 unspecified atom stereocenters. The number of hydrazone groups is 1. The van der Waals surface area contributed by atoms with Crippen LogP contribution < -0.4 is 10.2 Å². The topological polar surface area (TPSA) is 50.7 Å². The van der Waals surface area contributed by atoms with Gasteiger partial charge in [-0.15, -0.1) is 0 Å². The standard InChI is InChI=1S/C18H17BrN2O2/c1-14(11-15-5-3-2-4-6-15)12-20-21-18(22)13-23-17-9-7-16(19)8-10-17/h2-12H,13H2,1H3,(H,21,22)/b14-11-,20-12+. The van der Waals surface area contributed by atoms with Crippen LogP contribution in [-0.4, -0.2) is 18.7 Å². The Bertz CT molecular complexity index is 695. The number of rotatable bonds is 6. The van der Waals surface area contributed by atoms with Gasteiger partial charge in [0.2, 0.25) is 0 Å². The van der Waals surface area contributed by atoms with Gasteiger partial charge in [-0.2, -0.15) is 5.10 Å². The minimum atomic E-state index is -0.309. The molecule has 1 amide bonds. The van der Waals surface area contributed by atoms with Crippen molar-refractivity contribution in [2.45, 2.75) is 6.92 Å². The number of ether oxygens (including phenoxy) is 1. The second-order valence-corrected chi connectivity index (χ2v) is 5.75.